The van der Waals surface area contributed by atoms with E-state index in [1.807, 2.05) is 0 Å². The molecule has 1 rings (SSSR count). The molecule has 0 N–H and O–H groups in total. The number of hydrogen-bond acceptors (Lipinski definition) is 3. The van der Waals surface area contributed by atoms with Crippen LogP contribution in [0.2, 0.25) is 0 Å². The standard InChI is InChI=1S/C12H13F3O2S/c1-3-9(16)8-6-5-7-10(17-4-2)11(8)18-12(13,14)15/h5-7H,3-4H2,1-2H3. The average Bonchev–Trinajstić information content (AvgIpc) is 2.29. The lowest BCUT2D eigenvalue weighted by molar-refractivity contribution is -0.0329. The van der Waals surface area contributed by atoms with E-state index in [9.17, 15) is 18.0 Å². The number of ether oxygens (including phenoxy) is 1. The number of halogens is 3. The maximum atomic E-state index is 12.5. The van der Waals surface area contributed by atoms with Crippen LogP contribution in [-0.4, -0.2) is 17.9 Å². The average molecular weight is 278 g/mol. The topological polar surface area (TPSA) is 26.3 Å². The summed E-state index contributed by atoms with van der Waals surface area (Å²) in [4.78, 5) is 11.5. The molecule has 0 aliphatic rings. The van der Waals surface area contributed by atoms with E-state index in [0.717, 1.165) is 0 Å². The molecule has 2 nitrogen and oxygen atoms in total. The van der Waals surface area contributed by atoms with Crippen LogP contribution in [0.25, 0.3) is 0 Å². The molecule has 0 unspecified atom stereocenters. The lowest BCUT2D eigenvalue weighted by atomic mass is 10.1. The quantitative estimate of drug-likeness (QED) is 0.593. The Balaban J connectivity index is 3.25. The van der Waals surface area contributed by atoms with E-state index in [4.69, 9.17) is 4.74 Å². The lowest BCUT2D eigenvalue weighted by Crippen LogP contribution is -2.07. The number of benzene rings is 1. The van der Waals surface area contributed by atoms with Gasteiger partial charge in [0.05, 0.1) is 11.5 Å². The van der Waals surface area contributed by atoms with Gasteiger partial charge in [-0.3, -0.25) is 4.79 Å². The molecule has 0 heterocycles. The van der Waals surface area contributed by atoms with Crippen molar-refractivity contribution in [3.8, 4) is 5.75 Å². The third-order valence-electron chi connectivity index (χ3n) is 2.12. The van der Waals surface area contributed by atoms with Gasteiger partial charge in [0.25, 0.3) is 0 Å². The Morgan fingerprint density at radius 3 is 2.50 bits per heavy atom. The van der Waals surface area contributed by atoms with Gasteiger partial charge in [0, 0.05) is 12.0 Å². The summed E-state index contributed by atoms with van der Waals surface area (Å²) in [6.45, 7) is 3.53. The third kappa shape index (κ3) is 3.94. The van der Waals surface area contributed by atoms with Crippen LogP contribution in [0.1, 0.15) is 30.6 Å². The van der Waals surface area contributed by atoms with E-state index in [-0.39, 0.29) is 46.8 Å². The molecule has 0 atom stereocenters. The lowest BCUT2D eigenvalue weighted by Gasteiger charge is -2.14. The maximum Gasteiger partial charge on any atom is 0.446 e. The summed E-state index contributed by atoms with van der Waals surface area (Å²) in [5.74, 6) is -0.234. The Bertz CT molecular complexity index is 430. The zero-order valence-corrected chi connectivity index (χ0v) is 10.8. The second-order valence-corrected chi connectivity index (χ2v) is 4.47. The predicted octanol–water partition coefficient (Wildman–Crippen LogP) is 4.29. The number of Topliss-reactive ketones (excluding diaryl/α,β-unsaturated/α-hetero) is 1. The maximum absolute atomic E-state index is 12.5. The van der Waals surface area contributed by atoms with Gasteiger partial charge in [-0.15, -0.1) is 0 Å². The number of rotatable bonds is 5. The molecule has 0 saturated heterocycles. The Labute approximate surface area is 108 Å². The second-order valence-electron chi connectivity index (χ2n) is 3.39. The van der Waals surface area contributed by atoms with Crippen molar-refractivity contribution in [3.05, 3.63) is 23.8 Å². The van der Waals surface area contributed by atoms with Crippen molar-refractivity contribution >= 4 is 17.5 Å². The summed E-state index contributed by atoms with van der Waals surface area (Å²) in [5.41, 5.74) is -4.39. The molecule has 1 aromatic rings. The van der Waals surface area contributed by atoms with Gasteiger partial charge in [0.2, 0.25) is 0 Å². The first-order valence-electron chi connectivity index (χ1n) is 5.43. The first kappa shape index (κ1) is 14.9. The van der Waals surface area contributed by atoms with E-state index in [1.165, 1.54) is 18.2 Å². The molecule has 0 bridgehead atoms. The summed E-state index contributed by atoms with van der Waals surface area (Å²) in [6, 6.07) is 4.35. The van der Waals surface area contributed by atoms with Crippen LogP contribution in [0.15, 0.2) is 23.1 Å². The Kier molecular flexibility index (Phi) is 5.07. The number of alkyl halides is 3. The normalized spacial score (nSPS) is 11.4. The number of ketones is 1. The van der Waals surface area contributed by atoms with Crippen LogP contribution < -0.4 is 4.74 Å². The molecular formula is C12H13F3O2S. The molecule has 6 heteroatoms. The molecule has 18 heavy (non-hydrogen) atoms. The molecule has 0 spiro atoms. The van der Waals surface area contributed by atoms with Crippen molar-refractivity contribution in [2.45, 2.75) is 30.7 Å². The SMILES string of the molecule is CCOc1cccc(C(=O)CC)c1SC(F)(F)F. The van der Waals surface area contributed by atoms with Crippen molar-refractivity contribution < 1.29 is 22.7 Å². The highest BCUT2D eigenvalue weighted by molar-refractivity contribution is 8.00. The summed E-state index contributed by atoms with van der Waals surface area (Å²) < 4.78 is 42.7. The predicted molar refractivity (Wildman–Crippen MR) is 64.1 cm³/mol. The van der Waals surface area contributed by atoms with Crippen LogP contribution in [0.4, 0.5) is 13.2 Å². The van der Waals surface area contributed by atoms with Gasteiger partial charge < -0.3 is 4.74 Å². The minimum Gasteiger partial charge on any atom is -0.493 e. The third-order valence-corrected chi connectivity index (χ3v) is 2.97. The van der Waals surface area contributed by atoms with Gasteiger partial charge in [0.1, 0.15) is 5.75 Å². The summed E-state index contributed by atoms with van der Waals surface area (Å²) in [7, 11) is 0. The van der Waals surface area contributed by atoms with Crippen LogP contribution in [0, 0.1) is 0 Å². The van der Waals surface area contributed by atoms with E-state index < -0.39 is 5.51 Å². The van der Waals surface area contributed by atoms with E-state index in [0.29, 0.717) is 0 Å². The highest BCUT2D eigenvalue weighted by atomic mass is 32.2. The molecule has 0 saturated carbocycles. The van der Waals surface area contributed by atoms with Gasteiger partial charge in [-0.05, 0) is 24.8 Å². The van der Waals surface area contributed by atoms with Crippen molar-refractivity contribution in [1.29, 1.82) is 0 Å². The van der Waals surface area contributed by atoms with E-state index >= 15 is 0 Å². The van der Waals surface area contributed by atoms with Crippen molar-refractivity contribution in [2.75, 3.05) is 6.61 Å². The molecule has 0 amide bonds. The second kappa shape index (κ2) is 6.13. The van der Waals surface area contributed by atoms with Gasteiger partial charge in [-0.1, -0.05) is 19.1 Å². The summed E-state index contributed by atoms with van der Waals surface area (Å²) >= 11 is -0.308. The van der Waals surface area contributed by atoms with Gasteiger partial charge >= 0.3 is 5.51 Å². The minimum absolute atomic E-state index is 0.0609. The molecule has 0 fully saturated rings. The van der Waals surface area contributed by atoms with Crippen molar-refractivity contribution in [2.24, 2.45) is 0 Å². The monoisotopic (exact) mass is 278 g/mol. The zero-order chi connectivity index (χ0) is 13.8. The molecule has 0 radical (unpaired) electrons. The van der Waals surface area contributed by atoms with E-state index in [2.05, 4.69) is 0 Å². The molecule has 1 aromatic carbocycles. The summed E-state index contributed by atoms with van der Waals surface area (Å²) in [6.07, 6.45) is 0.154. The van der Waals surface area contributed by atoms with Crippen LogP contribution in [0.3, 0.4) is 0 Å². The van der Waals surface area contributed by atoms with Crippen LogP contribution in [-0.2, 0) is 0 Å². The van der Waals surface area contributed by atoms with Crippen LogP contribution in [0.5, 0.6) is 5.75 Å². The largest absolute Gasteiger partial charge is 0.493 e. The van der Waals surface area contributed by atoms with Crippen LogP contribution >= 0.6 is 11.8 Å². The van der Waals surface area contributed by atoms with Gasteiger partial charge in [-0.25, -0.2) is 0 Å². The fraction of sp³-hybridized carbons (Fsp3) is 0.417. The Morgan fingerprint density at radius 1 is 1.33 bits per heavy atom. The molecule has 100 valence electrons. The highest BCUT2D eigenvalue weighted by Crippen LogP contribution is 2.43. The number of hydrogen-bond donors (Lipinski definition) is 0. The Morgan fingerprint density at radius 2 is 2.00 bits per heavy atom. The molecule has 0 aliphatic heterocycles. The van der Waals surface area contributed by atoms with Gasteiger partial charge in [0.15, 0.2) is 5.78 Å². The number of carbonyl (C=O) groups is 1. The molecule has 0 aromatic heterocycles. The minimum atomic E-state index is -4.45. The van der Waals surface area contributed by atoms with Crippen molar-refractivity contribution in [3.63, 3.8) is 0 Å². The zero-order valence-electron chi connectivity index (χ0n) is 10.0. The highest BCUT2D eigenvalue weighted by Gasteiger charge is 2.33. The fourth-order valence-corrected chi connectivity index (χ4v) is 2.17. The van der Waals surface area contributed by atoms with Crippen molar-refractivity contribution in [1.82, 2.24) is 0 Å². The number of thioether (sulfide) groups is 1. The summed E-state index contributed by atoms with van der Waals surface area (Å²) in [5, 5.41) is 0. The first-order chi connectivity index (χ1) is 8.39. The first-order valence-corrected chi connectivity index (χ1v) is 6.25. The molecular weight excluding hydrogens is 265 g/mol. The van der Waals surface area contributed by atoms with E-state index in [1.54, 1.807) is 13.8 Å². The van der Waals surface area contributed by atoms with Gasteiger partial charge in [-0.2, -0.15) is 13.2 Å². The molecule has 0 aliphatic carbocycles. The fourth-order valence-electron chi connectivity index (χ4n) is 1.42. The number of carbonyl (C=O) groups excluding carboxylic acids is 1. The Hall–Kier alpha value is -1.17. The smallest absolute Gasteiger partial charge is 0.446 e.